The van der Waals surface area contributed by atoms with Crippen molar-refractivity contribution in [3.63, 3.8) is 0 Å². The van der Waals surface area contributed by atoms with Crippen molar-refractivity contribution in [1.29, 1.82) is 0 Å². The zero-order chi connectivity index (χ0) is 12.3. The molecule has 4 heteroatoms. The average molecular weight is 236 g/mol. The first-order valence-corrected chi connectivity index (χ1v) is 5.64. The number of nitrogens with one attached hydrogen (secondary N) is 2. The van der Waals surface area contributed by atoms with E-state index in [9.17, 15) is 9.59 Å². The van der Waals surface area contributed by atoms with E-state index in [1.54, 1.807) is 12.3 Å². The van der Waals surface area contributed by atoms with Gasteiger partial charge in [0.25, 0.3) is 11.8 Å². The molecule has 4 nitrogen and oxygen atoms in total. The molecular formula is C14H8N2O2. The highest BCUT2D eigenvalue weighted by atomic mass is 16.2. The van der Waals surface area contributed by atoms with Crippen LogP contribution in [0, 0.1) is 0 Å². The lowest BCUT2D eigenvalue weighted by molar-refractivity contribution is 0.0846. The first-order valence-electron chi connectivity index (χ1n) is 5.64. The molecule has 1 aliphatic heterocycles. The Labute approximate surface area is 102 Å². The molecule has 4 rings (SSSR count). The smallest absolute Gasteiger partial charge is 0.260 e. The van der Waals surface area contributed by atoms with Crippen LogP contribution in [0.3, 0.4) is 0 Å². The zero-order valence-electron chi connectivity index (χ0n) is 9.28. The minimum Gasteiger partial charge on any atom is -0.361 e. The molecule has 18 heavy (non-hydrogen) atoms. The fourth-order valence-corrected chi connectivity index (χ4v) is 2.63. The molecule has 0 aliphatic carbocycles. The van der Waals surface area contributed by atoms with Gasteiger partial charge in [-0.25, -0.2) is 0 Å². The van der Waals surface area contributed by atoms with E-state index in [1.165, 1.54) is 0 Å². The Morgan fingerprint density at radius 1 is 0.944 bits per heavy atom. The lowest BCUT2D eigenvalue weighted by atomic mass is 9.93. The zero-order valence-corrected chi connectivity index (χ0v) is 9.28. The number of amides is 2. The fourth-order valence-electron chi connectivity index (χ4n) is 2.63. The minimum atomic E-state index is -0.336. The maximum Gasteiger partial charge on any atom is 0.260 e. The largest absolute Gasteiger partial charge is 0.361 e. The summed E-state index contributed by atoms with van der Waals surface area (Å²) < 4.78 is 0. The molecule has 1 aromatic heterocycles. The first-order chi connectivity index (χ1) is 8.75. The topological polar surface area (TPSA) is 62.0 Å². The second kappa shape index (κ2) is 2.98. The number of carbonyl (C=O) groups is 2. The van der Waals surface area contributed by atoms with E-state index in [2.05, 4.69) is 10.3 Å². The Bertz CT molecular complexity index is 845. The highest BCUT2D eigenvalue weighted by Gasteiger charge is 2.27. The molecule has 1 aliphatic rings. The van der Waals surface area contributed by atoms with Crippen LogP contribution in [0.1, 0.15) is 20.7 Å². The van der Waals surface area contributed by atoms with Crippen LogP contribution < -0.4 is 5.32 Å². The van der Waals surface area contributed by atoms with Crippen molar-refractivity contribution in [2.24, 2.45) is 0 Å². The number of imide groups is 1. The van der Waals surface area contributed by atoms with Gasteiger partial charge in [-0.1, -0.05) is 12.1 Å². The van der Waals surface area contributed by atoms with Gasteiger partial charge in [-0.15, -0.1) is 0 Å². The number of rotatable bonds is 0. The third-order valence-electron chi connectivity index (χ3n) is 3.39. The average Bonchev–Trinajstić information content (AvgIpc) is 2.81. The van der Waals surface area contributed by atoms with Crippen LogP contribution in [0.4, 0.5) is 0 Å². The number of aromatic amines is 1. The van der Waals surface area contributed by atoms with Crippen LogP contribution in [0.25, 0.3) is 21.7 Å². The van der Waals surface area contributed by atoms with Crippen molar-refractivity contribution in [2.45, 2.75) is 0 Å². The summed E-state index contributed by atoms with van der Waals surface area (Å²) in [5, 5.41) is 5.00. The van der Waals surface area contributed by atoms with Crippen molar-refractivity contribution in [2.75, 3.05) is 0 Å². The lowest BCUT2D eigenvalue weighted by Gasteiger charge is -2.17. The summed E-state index contributed by atoms with van der Waals surface area (Å²) in [6, 6.07) is 9.39. The van der Waals surface area contributed by atoms with Crippen LogP contribution in [-0.4, -0.2) is 16.8 Å². The van der Waals surface area contributed by atoms with Crippen molar-refractivity contribution >= 4 is 33.5 Å². The van der Waals surface area contributed by atoms with Gasteiger partial charge in [-0.3, -0.25) is 14.9 Å². The first kappa shape index (κ1) is 9.41. The van der Waals surface area contributed by atoms with Crippen molar-refractivity contribution < 1.29 is 9.59 Å². The molecule has 2 N–H and O–H groups in total. The molecular weight excluding hydrogens is 228 g/mol. The Morgan fingerprint density at radius 3 is 2.72 bits per heavy atom. The van der Waals surface area contributed by atoms with Gasteiger partial charge in [0.2, 0.25) is 0 Å². The molecule has 86 valence electrons. The van der Waals surface area contributed by atoms with E-state index in [4.69, 9.17) is 0 Å². The quantitative estimate of drug-likeness (QED) is 0.588. The van der Waals surface area contributed by atoms with E-state index < -0.39 is 0 Å². The van der Waals surface area contributed by atoms with Gasteiger partial charge < -0.3 is 4.98 Å². The Hall–Kier alpha value is -2.62. The normalized spacial score (nSPS) is 14.2. The van der Waals surface area contributed by atoms with Gasteiger partial charge in [-0.2, -0.15) is 0 Å². The maximum absolute atomic E-state index is 12.0. The third kappa shape index (κ3) is 0.996. The molecule has 0 radical (unpaired) electrons. The summed E-state index contributed by atoms with van der Waals surface area (Å²) in [6.07, 6.45) is 1.80. The molecule has 0 saturated heterocycles. The number of carbonyl (C=O) groups excluding carboxylic acids is 2. The molecule has 0 bridgehead atoms. The summed E-state index contributed by atoms with van der Waals surface area (Å²) in [5.41, 5.74) is 1.89. The molecule has 2 amide bonds. The highest BCUT2D eigenvalue weighted by molar-refractivity contribution is 6.30. The number of fused-ring (bicyclic) bond motifs is 2. The van der Waals surface area contributed by atoms with Gasteiger partial charge in [0.15, 0.2) is 0 Å². The molecule has 0 fully saturated rings. The Kier molecular flexibility index (Phi) is 1.56. The van der Waals surface area contributed by atoms with Gasteiger partial charge in [0.1, 0.15) is 0 Å². The van der Waals surface area contributed by atoms with Crippen molar-refractivity contribution in [3.8, 4) is 0 Å². The minimum absolute atomic E-state index is 0.330. The second-order valence-electron chi connectivity index (χ2n) is 4.38. The van der Waals surface area contributed by atoms with E-state index in [0.29, 0.717) is 11.1 Å². The van der Waals surface area contributed by atoms with E-state index in [0.717, 1.165) is 21.7 Å². The maximum atomic E-state index is 12.0. The predicted molar refractivity (Wildman–Crippen MR) is 67.6 cm³/mol. The van der Waals surface area contributed by atoms with Gasteiger partial charge in [0.05, 0.1) is 11.1 Å². The number of benzene rings is 2. The molecule has 0 unspecified atom stereocenters. The Balaban J connectivity index is 2.37. The van der Waals surface area contributed by atoms with Gasteiger partial charge >= 0.3 is 0 Å². The van der Waals surface area contributed by atoms with Crippen molar-refractivity contribution in [3.05, 3.63) is 47.7 Å². The van der Waals surface area contributed by atoms with Crippen LogP contribution in [0.15, 0.2) is 36.5 Å². The highest BCUT2D eigenvalue weighted by Crippen LogP contribution is 2.32. The summed E-state index contributed by atoms with van der Waals surface area (Å²) in [4.78, 5) is 26.9. The van der Waals surface area contributed by atoms with Crippen LogP contribution in [0.2, 0.25) is 0 Å². The lowest BCUT2D eigenvalue weighted by Crippen LogP contribution is -2.34. The summed E-state index contributed by atoms with van der Waals surface area (Å²) in [6.45, 7) is 0. The number of H-pyrrole nitrogens is 1. The SMILES string of the molecule is O=C1NC(=O)c2c3[nH]ccc3cc3cccc1c23. The van der Waals surface area contributed by atoms with E-state index in [1.807, 2.05) is 24.3 Å². The van der Waals surface area contributed by atoms with Crippen LogP contribution in [0.5, 0.6) is 0 Å². The molecule has 0 saturated carbocycles. The van der Waals surface area contributed by atoms with Gasteiger partial charge in [0, 0.05) is 22.5 Å². The van der Waals surface area contributed by atoms with Crippen molar-refractivity contribution in [1.82, 2.24) is 10.3 Å². The Morgan fingerprint density at radius 2 is 1.83 bits per heavy atom. The van der Waals surface area contributed by atoms with E-state index >= 15 is 0 Å². The second-order valence-corrected chi connectivity index (χ2v) is 4.38. The number of hydrogen-bond acceptors (Lipinski definition) is 2. The summed E-state index contributed by atoms with van der Waals surface area (Å²) in [5.74, 6) is -0.666. The predicted octanol–water partition coefficient (Wildman–Crippen LogP) is 2.20. The van der Waals surface area contributed by atoms with Crippen LogP contribution in [-0.2, 0) is 0 Å². The fraction of sp³-hybridized carbons (Fsp3) is 0. The van der Waals surface area contributed by atoms with Gasteiger partial charge in [-0.05, 0) is 23.6 Å². The molecule has 0 atom stereocenters. The monoisotopic (exact) mass is 236 g/mol. The molecule has 2 heterocycles. The molecule has 0 spiro atoms. The van der Waals surface area contributed by atoms with E-state index in [-0.39, 0.29) is 11.8 Å². The molecule has 3 aromatic rings. The number of aromatic nitrogens is 1. The standard InChI is InChI=1S/C14H8N2O2/c17-13-9-3-1-2-7-6-8-4-5-15-12(8)11(10(7)9)14(18)16-13/h1-6,15H,(H,16,17,18). The third-order valence-corrected chi connectivity index (χ3v) is 3.39. The summed E-state index contributed by atoms with van der Waals surface area (Å²) in [7, 11) is 0. The molecule has 2 aromatic carbocycles. The van der Waals surface area contributed by atoms with Crippen LogP contribution >= 0.6 is 0 Å². The summed E-state index contributed by atoms with van der Waals surface area (Å²) >= 11 is 0. The number of hydrogen-bond donors (Lipinski definition) is 2.